The minimum atomic E-state index is -0.365. The van der Waals surface area contributed by atoms with Crippen LogP contribution < -0.4 is 5.32 Å². The molecule has 3 unspecified atom stereocenters. The lowest BCUT2D eigenvalue weighted by Gasteiger charge is -2.38. The zero-order chi connectivity index (χ0) is 10.0. The molecule has 2 N–H and O–H groups in total. The van der Waals surface area contributed by atoms with E-state index in [2.05, 4.69) is 16.3 Å². The summed E-state index contributed by atoms with van der Waals surface area (Å²) in [4.78, 5) is 2.42. The summed E-state index contributed by atoms with van der Waals surface area (Å²) < 4.78 is 0. The smallest absolute Gasteiger partial charge is 0.112 e. The van der Waals surface area contributed by atoms with Crippen molar-refractivity contribution < 1.29 is 5.11 Å². The van der Waals surface area contributed by atoms with Gasteiger partial charge >= 0.3 is 0 Å². The molecule has 2 aliphatic heterocycles. The number of β-amino-alcohol motifs (C(OH)–C–C–N with tert-alkyl or cyclic N) is 1. The van der Waals surface area contributed by atoms with Gasteiger partial charge in [0.05, 0.1) is 12.7 Å². The second-order valence-corrected chi connectivity index (χ2v) is 4.27. The van der Waals surface area contributed by atoms with E-state index >= 15 is 0 Å². The second-order valence-electron chi connectivity index (χ2n) is 4.27. The number of nitriles is 1. The fourth-order valence-corrected chi connectivity index (χ4v) is 2.67. The average molecular weight is 195 g/mol. The summed E-state index contributed by atoms with van der Waals surface area (Å²) in [5, 5.41) is 21.3. The molecule has 0 aliphatic carbocycles. The molecule has 14 heavy (non-hydrogen) atoms. The normalized spacial score (nSPS) is 40.9. The first kappa shape index (κ1) is 9.91. The number of aliphatic hydroxyl groups excluding tert-OH is 1. The second kappa shape index (κ2) is 3.85. The van der Waals surface area contributed by atoms with Crippen LogP contribution >= 0.6 is 0 Å². The molecule has 2 heterocycles. The summed E-state index contributed by atoms with van der Waals surface area (Å²) in [5.41, 5.74) is -0.365. The Morgan fingerprint density at radius 3 is 3.14 bits per heavy atom. The Labute approximate surface area is 84.5 Å². The fourth-order valence-electron chi connectivity index (χ4n) is 2.67. The topological polar surface area (TPSA) is 59.3 Å². The van der Waals surface area contributed by atoms with E-state index in [0.29, 0.717) is 12.5 Å². The summed E-state index contributed by atoms with van der Waals surface area (Å²) in [6.45, 7) is 3.84. The maximum Gasteiger partial charge on any atom is 0.112 e. The van der Waals surface area contributed by atoms with E-state index in [4.69, 9.17) is 5.11 Å². The van der Waals surface area contributed by atoms with E-state index in [1.165, 1.54) is 0 Å². The van der Waals surface area contributed by atoms with Crippen molar-refractivity contribution in [3.8, 4) is 6.07 Å². The van der Waals surface area contributed by atoms with Gasteiger partial charge < -0.3 is 10.0 Å². The number of hydrogen-bond donors (Lipinski definition) is 2. The Morgan fingerprint density at radius 1 is 1.57 bits per heavy atom. The van der Waals surface area contributed by atoms with Crippen LogP contribution in [0.5, 0.6) is 0 Å². The van der Waals surface area contributed by atoms with Crippen LogP contribution in [0.4, 0.5) is 0 Å². The quantitative estimate of drug-likeness (QED) is 0.641. The molecule has 2 bridgehead atoms. The van der Waals surface area contributed by atoms with Gasteiger partial charge in [-0.25, -0.2) is 0 Å². The summed E-state index contributed by atoms with van der Waals surface area (Å²) in [5.74, 6) is 0.452. The molecular formula is C10H17N3O. The maximum atomic E-state index is 9.28. The van der Waals surface area contributed by atoms with Crippen molar-refractivity contribution in [3.63, 3.8) is 0 Å². The molecule has 3 atom stereocenters. The highest BCUT2D eigenvalue weighted by Crippen LogP contribution is 2.34. The van der Waals surface area contributed by atoms with Gasteiger partial charge in [0.15, 0.2) is 0 Å². The van der Waals surface area contributed by atoms with Crippen molar-refractivity contribution in [2.75, 3.05) is 32.8 Å². The number of fused-ring (bicyclic) bond motifs is 2. The number of piperidine rings is 1. The van der Waals surface area contributed by atoms with Crippen LogP contribution in [-0.4, -0.2) is 48.3 Å². The van der Waals surface area contributed by atoms with Crippen LogP contribution in [0.2, 0.25) is 0 Å². The molecule has 4 nitrogen and oxygen atoms in total. The molecule has 0 aromatic rings. The van der Waals surface area contributed by atoms with E-state index in [-0.39, 0.29) is 12.1 Å². The van der Waals surface area contributed by atoms with Crippen molar-refractivity contribution in [1.29, 1.82) is 5.26 Å². The molecule has 0 aromatic heterocycles. The van der Waals surface area contributed by atoms with Gasteiger partial charge in [-0.3, -0.25) is 5.32 Å². The molecule has 2 aliphatic rings. The largest absolute Gasteiger partial charge is 0.395 e. The minimum Gasteiger partial charge on any atom is -0.395 e. The zero-order valence-corrected chi connectivity index (χ0v) is 8.37. The van der Waals surface area contributed by atoms with Crippen molar-refractivity contribution in [2.24, 2.45) is 5.92 Å². The van der Waals surface area contributed by atoms with Gasteiger partial charge in [-0.15, -0.1) is 0 Å². The minimum absolute atomic E-state index is 0.111. The highest BCUT2D eigenvalue weighted by molar-refractivity contribution is 5.15. The molecule has 2 rings (SSSR count). The van der Waals surface area contributed by atoms with Crippen LogP contribution in [0.25, 0.3) is 0 Å². The molecular weight excluding hydrogens is 178 g/mol. The summed E-state index contributed by atoms with van der Waals surface area (Å²) >= 11 is 0. The zero-order valence-electron chi connectivity index (χ0n) is 8.37. The average Bonchev–Trinajstić information content (AvgIpc) is 2.63. The molecule has 4 heteroatoms. The van der Waals surface area contributed by atoms with Gasteiger partial charge in [0.2, 0.25) is 0 Å². The molecule has 0 saturated carbocycles. The van der Waals surface area contributed by atoms with E-state index in [1.807, 2.05) is 0 Å². The first-order valence-corrected chi connectivity index (χ1v) is 5.30. The number of rotatable bonds is 3. The Balaban J connectivity index is 2.07. The Bertz CT molecular complexity index is 250. The number of nitrogens with zero attached hydrogens (tertiary/aromatic N) is 2. The Kier molecular flexibility index (Phi) is 2.73. The van der Waals surface area contributed by atoms with Gasteiger partial charge in [0.25, 0.3) is 0 Å². The van der Waals surface area contributed by atoms with Gasteiger partial charge in [-0.05, 0) is 19.4 Å². The molecule has 0 amide bonds. The third kappa shape index (κ3) is 1.52. The summed E-state index contributed by atoms with van der Waals surface area (Å²) in [7, 11) is 0. The van der Waals surface area contributed by atoms with Gasteiger partial charge in [-0.1, -0.05) is 0 Å². The highest BCUT2D eigenvalue weighted by atomic mass is 16.3. The maximum absolute atomic E-state index is 9.28. The van der Waals surface area contributed by atoms with Crippen LogP contribution in [0.1, 0.15) is 12.8 Å². The first-order valence-electron chi connectivity index (χ1n) is 5.30. The molecule has 0 radical (unpaired) electrons. The molecule has 0 spiro atoms. The standard InChI is InChI=1S/C10H17N3O/c11-8-10(12-3-6-14)2-5-13-4-1-9(10)7-13/h9,12,14H,1-7H2. The molecule has 2 saturated heterocycles. The highest BCUT2D eigenvalue weighted by Gasteiger charge is 2.46. The van der Waals surface area contributed by atoms with E-state index in [1.54, 1.807) is 0 Å². The Morgan fingerprint density at radius 2 is 2.43 bits per heavy atom. The summed E-state index contributed by atoms with van der Waals surface area (Å²) in [6.07, 6.45) is 2.01. The van der Waals surface area contributed by atoms with Gasteiger partial charge in [0.1, 0.15) is 5.54 Å². The number of hydrogen-bond acceptors (Lipinski definition) is 4. The first-order chi connectivity index (χ1) is 6.80. The predicted molar refractivity (Wildman–Crippen MR) is 52.6 cm³/mol. The number of nitrogens with one attached hydrogen (secondary N) is 1. The van der Waals surface area contributed by atoms with E-state index in [0.717, 1.165) is 32.5 Å². The predicted octanol–water partition coefficient (Wildman–Crippen LogP) is -0.444. The van der Waals surface area contributed by atoms with Crippen LogP contribution in [-0.2, 0) is 0 Å². The van der Waals surface area contributed by atoms with Crippen LogP contribution in [0, 0.1) is 17.2 Å². The van der Waals surface area contributed by atoms with E-state index < -0.39 is 0 Å². The van der Waals surface area contributed by atoms with Crippen LogP contribution in [0.3, 0.4) is 0 Å². The SMILES string of the molecule is N#CC1(NCCO)CCN2CCC1C2. The molecule has 78 valence electrons. The third-order valence-corrected chi connectivity index (χ3v) is 3.54. The van der Waals surface area contributed by atoms with Gasteiger partial charge in [-0.2, -0.15) is 5.26 Å². The van der Waals surface area contributed by atoms with Crippen molar-refractivity contribution in [1.82, 2.24) is 10.2 Å². The van der Waals surface area contributed by atoms with Gasteiger partial charge in [0, 0.05) is 25.6 Å². The number of aliphatic hydroxyl groups is 1. The van der Waals surface area contributed by atoms with Crippen LogP contribution in [0.15, 0.2) is 0 Å². The molecule has 2 fully saturated rings. The third-order valence-electron chi connectivity index (χ3n) is 3.54. The fraction of sp³-hybridized carbons (Fsp3) is 0.900. The van der Waals surface area contributed by atoms with Crippen molar-refractivity contribution >= 4 is 0 Å². The molecule has 0 aromatic carbocycles. The Hall–Kier alpha value is -0.630. The lowest BCUT2D eigenvalue weighted by molar-refractivity contribution is 0.164. The van der Waals surface area contributed by atoms with E-state index in [9.17, 15) is 5.26 Å². The summed E-state index contributed by atoms with van der Waals surface area (Å²) in [6, 6.07) is 2.43. The van der Waals surface area contributed by atoms with Crippen molar-refractivity contribution in [2.45, 2.75) is 18.4 Å². The monoisotopic (exact) mass is 195 g/mol. The lowest BCUT2D eigenvalue weighted by Crippen LogP contribution is -2.55. The van der Waals surface area contributed by atoms with Crippen molar-refractivity contribution in [3.05, 3.63) is 0 Å². The lowest BCUT2D eigenvalue weighted by atomic mass is 9.80.